The molecule has 1 N–H and O–H groups in total. The number of hydrogen-bond donors (Lipinski definition) is 1. The van der Waals surface area contributed by atoms with E-state index >= 15 is 0 Å². The van der Waals surface area contributed by atoms with Crippen LogP contribution >= 0.6 is 0 Å². The van der Waals surface area contributed by atoms with Gasteiger partial charge >= 0.3 is 0 Å². The lowest BCUT2D eigenvalue weighted by Crippen LogP contribution is -2.23. The average Bonchev–Trinajstić information content (AvgIpc) is 2.25. The van der Waals surface area contributed by atoms with Gasteiger partial charge in [0.1, 0.15) is 0 Å². The van der Waals surface area contributed by atoms with Gasteiger partial charge < -0.3 is 15.0 Å². The Hall–Kier alpha value is -1.22. The van der Waals surface area contributed by atoms with E-state index in [0.717, 1.165) is 31.9 Å². The molecule has 82 valence electrons. The second-order valence-electron chi connectivity index (χ2n) is 3.92. The van der Waals surface area contributed by atoms with Gasteiger partial charge in [0.15, 0.2) is 0 Å². The first-order chi connectivity index (χ1) is 7.31. The Balaban J connectivity index is 2.33. The molecule has 0 saturated heterocycles. The molecule has 0 atom stereocenters. The molecule has 2 rings (SSSR count). The number of hydrogen-bond acceptors (Lipinski definition) is 3. The number of benzene rings is 1. The fourth-order valence-corrected chi connectivity index (χ4v) is 1.94. The molecule has 0 aromatic heterocycles. The zero-order chi connectivity index (χ0) is 10.7. The summed E-state index contributed by atoms with van der Waals surface area (Å²) < 4.78 is 5.59. The van der Waals surface area contributed by atoms with Crippen LogP contribution in [0.25, 0.3) is 0 Å². The van der Waals surface area contributed by atoms with E-state index in [9.17, 15) is 0 Å². The van der Waals surface area contributed by atoms with E-state index in [2.05, 4.69) is 35.5 Å². The van der Waals surface area contributed by atoms with Gasteiger partial charge in [-0.3, -0.25) is 0 Å². The topological polar surface area (TPSA) is 24.5 Å². The minimum Gasteiger partial charge on any atom is -0.388 e. The molecule has 1 heterocycles. The van der Waals surface area contributed by atoms with Gasteiger partial charge in [0.25, 0.3) is 0 Å². The number of rotatable bonds is 1. The van der Waals surface area contributed by atoms with Crippen molar-refractivity contribution in [3.05, 3.63) is 23.8 Å². The zero-order valence-electron chi connectivity index (χ0n) is 9.42. The lowest BCUT2D eigenvalue weighted by Gasteiger charge is -2.25. The third kappa shape index (κ3) is 2.23. The van der Waals surface area contributed by atoms with Crippen molar-refractivity contribution in [2.45, 2.75) is 13.0 Å². The summed E-state index contributed by atoms with van der Waals surface area (Å²) in [6, 6.07) is 6.43. The molecule has 1 aliphatic rings. The maximum atomic E-state index is 5.59. The number of nitrogens with one attached hydrogen (secondary N) is 1. The fraction of sp³-hybridized carbons (Fsp3) is 0.500. The SMILES string of the molecule is CNc1ccc2c(c1)COCCCN2C. The number of anilines is 2. The van der Waals surface area contributed by atoms with E-state index in [1.54, 1.807) is 0 Å². The molecule has 1 aromatic carbocycles. The predicted octanol–water partition coefficient (Wildman–Crippen LogP) is 2.08. The largest absolute Gasteiger partial charge is 0.388 e. The van der Waals surface area contributed by atoms with Gasteiger partial charge in [0.05, 0.1) is 6.61 Å². The molecule has 0 spiro atoms. The van der Waals surface area contributed by atoms with Crippen LogP contribution in [0.1, 0.15) is 12.0 Å². The number of fused-ring (bicyclic) bond motifs is 1. The fourth-order valence-electron chi connectivity index (χ4n) is 1.94. The molecule has 0 unspecified atom stereocenters. The summed E-state index contributed by atoms with van der Waals surface area (Å²) in [5, 5.41) is 3.15. The second kappa shape index (κ2) is 4.53. The normalized spacial score (nSPS) is 16.5. The third-order valence-electron chi connectivity index (χ3n) is 2.82. The Morgan fingerprint density at radius 3 is 3.07 bits per heavy atom. The van der Waals surface area contributed by atoms with E-state index in [1.807, 2.05) is 7.05 Å². The zero-order valence-corrected chi connectivity index (χ0v) is 9.42. The van der Waals surface area contributed by atoms with Crippen molar-refractivity contribution in [1.82, 2.24) is 0 Å². The highest BCUT2D eigenvalue weighted by Crippen LogP contribution is 2.25. The van der Waals surface area contributed by atoms with E-state index in [1.165, 1.54) is 11.3 Å². The molecule has 0 amide bonds. The van der Waals surface area contributed by atoms with Gasteiger partial charge in [-0.25, -0.2) is 0 Å². The van der Waals surface area contributed by atoms with Crippen LogP contribution in [0.2, 0.25) is 0 Å². The van der Waals surface area contributed by atoms with Crippen molar-refractivity contribution in [1.29, 1.82) is 0 Å². The standard InChI is InChI=1S/C12H18N2O/c1-13-11-4-5-12-10(8-11)9-15-7-3-6-14(12)2/h4-5,8,13H,3,6-7,9H2,1-2H3. The van der Waals surface area contributed by atoms with Gasteiger partial charge in [0, 0.05) is 44.2 Å². The molecule has 0 fully saturated rings. The molecular formula is C12H18N2O. The van der Waals surface area contributed by atoms with Crippen LogP contribution in [-0.4, -0.2) is 27.2 Å². The Kier molecular flexibility index (Phi) is 3.11. The van der Waals surface area contributed by atoms with Crippen molar-refractivity contribution in [3.63, 3.8) is 0 Å². The average molecular weight is 206 g/mol. The monoisotopic (exact) mass is 206 g/mol. The molecule has 0 saturated carbocycles. The summed E-state index contributed by atoms with van der Waals surface area (Å²) in [6.07, 6.45) is 1.10. The van der Waals surface area contributed by atoms with Crippen LogP contribution < -0.4 is 10.2 Å². The molecule has 15 heavy (non-hydrogen) atoms. The van der Waals surface area contributed by atoms with Crippen molar-refractivity contribution < 1.29 is 4.74 Å². The number of ether oxygens (including phenoxy) is 1. The first-order valence-corrected chi connectivity index (χ1v) is 5.41. The van der Waals surface area contributed by atoms with Crippen LogP contribution in [0.5, 0.6) is 0 Å². The highest BCUT2D eigenvalue weighted by molar-refractivity contribution is 5.60. The Morgan fingerprint density at radius 1 is 1.40 bits per heavy atom. The Morgan fingerprint density at radius 2 is 2.27 bits per heavy atom. The maximum Gasteiger partial charge on any atom is 0.0737 e. The van der Waals surface area contributed by atoms with Gasteiger partial charge in [-0.1, -0.05) is 0 Å². The van der Waals surface area contributed by atoms with E-state index in [4.69, 9.17) is 4.74 Å². The van der Waals surface area contributed by atoms with Crippen LogP contribution in [0.15, 0.2) is 18.2 Å². The van der Waals surface area contributed by atoms with E-state index in [0.29, 0.717) is 0 Å². The molecule has 0 bridgehead atoms. The quantitative estimate of drug-likeness (QED) is 0.761. The lowest BCUT2D eigenvalue weighted by molar-refractivity contribution is 0.117. The van der Waals surface area contributed by atoms with Gasteiger partial charge in [-0.05, 0) is 24.6 Å². The molecular weight excluding hydrogens is 188 g/mol. The molecule has 1 aromatic rings. The Bertz CT molecular complexity index is 338. The predicted molar refractivity (Wildman–Crippen MR) is 63.5 cm³/mol. The number of nitrogens with zero attached hydrogens (tertiary/aromatic N) is 1. The van der Waals surface area contributed by atoms with Crippen molar-refractivity contribution in [2.75, 3.05) is 37.5 Å². The summed E-state index contributed by atoms with van der Waals surface area (Å²) in [5.41, 5.74) is 3.70. The molecule has 3 nitrogen and oxygen atoms in total. The van der Waals surface area contributed by atoms with Gasteiger partial charge in [-0.15, -0.1) is 0 Å². The van der Waals surface area contributed by atoms with Crippen molar-refractivity contribution >= 4 is 11.4 Å². The first-order valence-electron chi connectivity index (χ1n) is 5.41. The maximum absolute atomic E-state index is 5.59. The second-order valence-corrected chi connectivity index (χ2v) is 3.92. The summed E-state index contributed by atoms with van der Waals surface area (Å²) in [5.74, 6) is 0. The minimum atomic E-state index is 0.717. The molecule has 0 radical (unpaired) electrons. The van der Waals surface area contributed by atoms with Crippen LogP contribution in [-0.2, 0) is 11.3 Å². The summed E-state index contributed by atoms with van der Waals surface area (Å²) in [6.45, 7) is 2.63. The molecule has 1 aliphatic heterocycles. The van der Waals surface area contributed by atoms with Crippen LogP contribution in [0, 0.1) is 0 Å². The van der Waals surface area contributed by atoms with Crippen LogP contribution in [0.4, 0.5) is 11.4 Å². The highest BCUT2D eigenvalue weighted by atomic mass is 16.5. The summed E-state index contributed by atoms with van der Waals surface area (Å²) in [4.78, 5) is 2.30. The lowest BCUT2D eigenvalue weighted by atomic mass is 10.1. The van der Waals surface area contributed by atoms with Gasteiger partial charge in [-0.2, -0.15) is 0 Å². The molecule has 3 heteroatoms. The van der Waals surface area contributed by atoms with Crippen molar-refractivity contribution in [3.8, 4) is 0 Å². The van der Waals surface area contributed by atoms with E-state index < -0.39 is 0 Å². The van der Waals surface area contributed by atoms with Crippen LogP contribution in [0.3, 0.4) is 0 Å². The Labute approximate surface area is 91.0 Å². The smallest absolute Gasteiger partial charge is 0.0737 e. The van der Waals surface area contributed by atoms with E-state index in [-0.39, 0.29) is 0 Å². The highest BCUT2D eigenvalue weighted by Gasteiger charge is 2.11. The summed E-state index contributed by atoms with van der Waals surface area (Å²) in [7, 11) is 4.08. The molecule has 0 aliphatic carbocycles. The van der Waals surface area contributed by atoms with Crippen molar-refractivity contribution in [2.24, 2.45) is 0 Å². The van der Waals surface area contributed by atoms with Gasteiger partial charge in [0.2, 0.25) is 0 Å². The third-order valence-corrected chi connectivity index (χ3v) is 2.82. The first kappa shape index (κ1) is 10.3. The minimum absolute atomic E-state index is 0.717. The summed E-state index contributed by atoms with van der Waals surface area (Å²) >= 11 is 0.